The van der Waals surface area contributed by atoms with E-state index in [9.17, 15) is 13.2 Å². The fourth-order valence-electron chi connectivity index (χ4n) is 2.13. The van der Waals surface area contributed by atoms with E-state index in [1.165, 1.54) is 12.3 Å². The molecule has 2 heterocycles. The number of H-pyrrole nitrogens is 1. The van der Waals surface area contributed by atoms with Crippen LogP contribution in [0.1, 0.15) is 25.7 Å². The van der Waals surface area contributed by atoms with Gasteiger partial charge in [0, 0.05) is 6.54 Å². The third kappa shape index (κ3) is 2.39. The van der Waals surface area contributed by atoms with Gasteiger partial charge in [-0.15, -0.1) is 0 Å². The molecule has 1 unspecified atom stereocenters. The molecule has 100 valence electrons. The summed E-state index contributed by atoms with van der Waals surface area (Å²) >= 11 is 0. The second-order valence-corrected chi connectivity index (χ2v) is 6.10. The maximum atomic E-state index is 12.3. The summed E-state index contributed by atoms with van der Waals surface area (Å²) in [5, 5.41) is 15.1. The average molecular weight is 273 g/mol. The number of nitrogens with one attached hydrogen (secondary N) is 1. The first-order valence-electron chi connectivity index (χ1n) is 5.77. The van der Waals surface area contributed by atoms with Gasteiger partial charge in [0.15, 0.2) is 5.03 Å². The third-order valence-electron chi connectivity index (χ3n) is 3.05. The van der Waals surface area contributed by atoms with Gasteiger partial charge in [-0.2, -0.15) is 9.40 Å². The topological polar surface area (TPSA) is 103 Å². The van der Waals surface area contributed by atoms with E-state index in [1.54, 1.807) is 0 Å². The summed E-state index contributed by atoms with van der Waals surface area (Å²) in [5.74, 6) is -1.10. The van der Waals surface area contributed by atoms with Crippen molar-refractivity contribution in [3.63, 3.8) is 0 Å². The van der Waals surface area contributed by atoms with Gasteiger partial charge in [0.25, 0.3) is 10.0 Å². The Kier molecular flexibility index (Phi) is 3.67. The number of aromatic amines is 1. The lowest BCUT2D eigenvalue weighted by molar-refractivity contribution is -0.141. The molecule has 18 heavy (non-hydrogen) atoms. The lowest BCUT2D eigenvalue weighted by Crippen LogP contribution is -2.44. The summed E-state index contributed by atoms with van der Waals surface area (Å²) in [5.41, 5.74) is 0. The number of rotatable bonds is 3. The zero-order chi connectivity index (χ0) is 13.2. The molecule has 0 bridgehead atoms. The van der Waals surface area contributed by atoms with Crippen molar-refractivity contribution in [3.8, 4) is 0 Å². The van der Waals surface area contributed by atoms with E-state index < -0.39 is 22.0 Å². The van der Waals surface area contributed by atoms with E-state index in [0.717, 1.165) is 17.1 Å². The van der Waals surface area contributed by atoms with Crippen molar-refractivity contribution in [1.29, 1.82) is 0 Å². The van der Waals surface area contributed by atoms with Crippen molar-refractivity contribution in [2.24, 2.45) is 0 Å². The average Bonchev–Trinajstić information content (AvgIpc) is 2.73. The SMILES string of the molecule is O=C(O)C1CCCCCN1S(=O)(=O)c1ccn[nH]1. The number of carbonyl (C=O) groups is 1. The van der Waals surface area contributed by atoms with Crippen LogP contribution in [-0.4, -0.2) is 46.6 Å². The van der Waals surface area contributed by atoms with Crippen LogP contribution in [0.25, 0.3) is 0 Å². The molecule has 8 heteroatoms. The van der Waals surface area contributed by atoms with Gasteiger partial charge in [0.05, 0.1) is 6.20 Å². The van der Waals surface area contributed by atoms with Crippen molar-refractivity contribution in [2.45, 2.75) is 36.8 Å². The quantitative estimate of drug-likeness (QED) is 0.831. The highest BCUT2D eigenvalue weighted by atomic mass is 32.2. The standard InChI is InChI=1S/C10H15N3O4S/c14-10(15)8-4-2-1-3-7-13(8)18(16,17)9-5-6-11-12-9/h5-6,8H,1-4,7H2,(H,11,12)(H,14,15). The van der Waals surface area contributed by atoms with Crippen molar-refractivity contribution in [2.75, 3.05) is 6.54 Å². The van der Waals surface area contributed by atoms with Crippen LogP contribution in [0.15, 0.2) is 17.3 Å². The fraction of sp³-hybridized carbons (Fsp3) is 0.600. The molecular weight excluding hydrogens is 258 g/mol. The minimum absolute atomic E-state index is 0.0596. The minimum Gasteiger partial charge on any atom is -0.480 e. The van der Waals surface area contributed by atoms with Gasteiger partial charge in [-0.3, -0.25) is 9.89 Å². The highest BCUT2D eigenvalue weighted by Crippen LogP contribution is 2.23. The first-order chi connectivity index (χ1) is 8.53. The number of hydrogen-bond acceptors (Lipinski definition) is 4. The minimum atomic E-state index is -3.80. The van der Waals surface area contributed by atoms with E-state index >= 15 is 0 Å². The molecule has 0 amide bonds. The normalized spacial score (nSPS) is 22.6. The van der Waals surface area contributed by atoms with Crippen LogP contribution in [-0.2, 0) is 14.8 Å². The van der Waals surface area contributed by atoms with Gasteiger partial charge in [-0.25, -0.2) is 8.42 Å². The van der Waals surface area contributed by atoms with Crippen LogP contribution in [0.5, 0.6) is 0 Å². The summed E-state index contributed by atoms with van der Waals surface area (Å²) in [6.45, 7) is 0.234. The molecule has 2 N–H and O–H groups in total. The number of aromatic nitrogens is 2. The summed E-state index contributed by atoms with van der Waals surface area (Å²) in [4.78, 5) is 11.2. The molecule has 0 aromatic carbocycles. The fourth-order valence-corrected chi connectivity index (χ4v) is 3.68. The lowest BCUT2D eigenvalue weighted by Gasteiger charge is -2.25. The maximum absolute atomic E-state index is 12.3. The molecule has 1 atom stereocenters. The molecule has 0 aliphatic carbocycles. The van der Waals surface area contributed by atoms with E-state index in [0.29, 0.717) is 12.8 Å². The third-order valence-corrected chi connectivity index (χ3v) is 4.89. The Morgan fingerprint density at radius 1 is 1.44 bits per heavy atom. The molecule has 0 saturated carbocycles. The Morgan fingerprint density at radius 2 is 2.22 bits per heavy atom. The first-order valence-corrected chi connectivity index (χ1v) is 7.21. The zero-order valence-electron chi connectivity index (χ0n) is 9.74. The van der Waals surface area contributed by atoms with Crippen LogP contribution in [0.4, 0.5) is 0 Å². The predicted octanol–water partition coefficient (Wildman–Crippen LogP) is 0.428. The molecule has 1 aliphatic rings. The van der Waals surface area contributed by atoms with Gasteiger partial charge < -0.3 is 5.11 Å². The molecule has 1 aromatic heterocycles. The molecule has 0 spiro atoms. The van der Waals surface area contributed by atoms with Crippen LogP contribution < -0.4 is 0 Å². The van der Waals surface area contributed by atoms with Crippen molar-refractivity contribution < 1.29 is 18.3 Å². The van der Waals surface area contributed by atoms with Gasteiger partial charge in [0.2, 0.25) is 0 Å². The van der Waals surface area contributed by atoms with Crippen molar-refractivity contribution >= 4 is 16.0 Å². The van der Waals surface area contributed by atoms with Crippen molar-refractivity contribution in [1.82, 2.24) is 14.5 Å². The second kappa shape index (κ2) is 5.07. The van der Waals surface area contributed by atoms with Gasteiger partial charge in [-0.05, 0) is 18.9 Å². The van der Waals surface area contributed by atoms with Gasteiger partial charge in [0.1, 0.15) is 6.04 Å². The molecule has 2 rings (SSSR count). The van der Waals surface area contributed by atoms with E-state index in [1.807, 2.05) is 0 Å². The molecule has 1 fully saturated rings. The second-order valence-electron chi connectivity index (χ2n) is 4.24. The Hall–Kier alpha value is -1.41. The van der Waals surface area contributed by atoms with E-state index in [-0.39, 0.29) is 11.6 Å². The number of carboxylic acid groups (broad SMARTS) is 1. The van der Waals surface area contributed by atoms with Crippen LogP contribution in [0, 0.1) is 0 Å². The van der Waals surface area contributed by atoms with E-state index in [4.69, 9.17) is 5.11 Å². The Morgan fingerprint density at radius 3 is 2.83 bits per heavy atom. The highest BCUT2D eigenvalue weighted by Gasteiger charge is 2.37. The zero-order valence-corrected chi connectivity index (χ0v) is 10.6. The number of sulfonamides is 1. The lowest BCUT2D eigenvalue weighted by atomic mass is 10.1. The molecule has 1 saturated heterocycles. The van der Waals surface area contributed by atoms with Gasteiger partial charge in [-0.1, -0.05) is 12.8 Å². The number of aliphatic carboxylic acids is 1. The summed E-state index contributed by atoms with van der Waals surface area (Å²) in [6, 6.07) is 0.347. The highest BCUT2D eigenvalue weighted by molar-refractivity contribution is 7.89. The molecule has 7 nitrogen and oxygen atoms in total. The smallest absolute Gasteiger partial charge is 0.322 e. The van der Waals surface area contributed by atoms with Crippen LogP contribution >= 0.6 is 0 Å². The number of nitrogens with zero attached hydrogens (tertiary/aromatic N) is 2. The molecular formula is C10H15N3O4S. The Bertz CT molecular complexity index is 511. The predicted molar refractivity (Wildman–Crippen MR) is 62.4 cm³/mol. The monoisotopic (exact) mass is 273 g/mol. The maximum Gasteiger partial charge on any atom is 0.322 e. The van der Waals surface area contributed by atoms with E-state index in [2.05, 4.69) is 10.2 Å². The molecule has 1 aliphatic heterocycles. The van der Waals surface area contributed by atoms with Crippen molar-refractivity contribution in [3.05, 3.63) is 12.3 Å². The number of carboxylic acids is 1. The van der Waals surface area contributed by atoms with Crippen LogP contribution in [0.2, 0.25) is 0 Å². The van der Waals surface area contributed by atoms with Crippen LogP contribution in [0.3, 0.4) is 0 Å². The van der Waals surface area contributed by atoms with Gasteiger partial charge >= 0.3 is 5.97 Å². The molecule has 0 radical (unpaired) electrons. The summed E-state index contributed by atoms with van der Waals surface area (Å²) < 4.78 is 25.7. The summed E-state index contributed by atoms with van der Waals surface area (Å²) in [7, 11) is -3.80. The largest absolute Gasteiger partial charge is 0.480 e. The molecule has 1 aromatic rings. The summed E-state index contributed by atoms with van der Waals surface area (Å²) in [6.07, 6.45) is 3.94. The number of hydrogen-bond donors (Lipinski definition) is 2. The first kappa shape index (κ1) is 13.0. The Balaban J connectivity index is 2.36. The Labute approximate surface area is 105 Å².